The Morgan fingerprint density at radius 2 is 1.71 bits per heavy atom. The van der Waals surface area contributed by atoms with Crippen LogP contribution in [0.15, 0.2) is 41.1 Å². The van der Waals surface area contributed by atoms with Crippen molar-refractivity contribution >= 4 is 17.8 Å². The average Bonchev–Trinajstić information content (AvgIpc) is 3.82. The van der Waals surface area contributed by atoms with Gasteiger partial charge in [0.2, 0.25) is 5.91 Å². The molecule has 2 amide bonds. The number of carboxylic acid groups (broad SMARTS) is 1. The molecule has 11 heteroatoms. The summed E-state index contributed by atoms with van der Waals surface area (Å²) in [5.74, 6) is 4.14. The van der Waals surface area contributed by atoms with Gasteiger partial charge in [-0.3, -0.25) is 14.7 Å². The van der Waals surface area contributed by atoms with Gasteiger partial charge in [0.1, 0.15) is 23.5 Å². The Balaban J connectivity index is 0.000000322. The number of methoxy groups -OCH3 is 1. The molecule has 1 spiro atoms. The first-order valence-corrected chi connectivity index (χ1v) is 18.1. The highest BCUT2D eigenvalue weighted by atomic mass is 16.5. The third-order valence-corrected chi connectivity index (χ3v) is 11.1. The Labute approximate surface area is 288 Å². The van der Waals surface area contributed by atoms with E-state index in [0.717, 1.165) is 124 Å². The van der Waals surface area contributed by atoms with Gasteiger partial charge >= 0.3 is 6.09 Å². The normalized spacial score (nSPS) is 23.1. The third kappa shape index (κ3) is 7.61. The largest absolute Gasteiger partial charge is 0.495 e. The highest BCUT2D eigenvalue weighted by molar-refractivity contribution is 5.94. The van der Waals surface area contributed by atoms with Crippen LogP contribution in [0.2, 0.25) is 0 Å². The maximum atomic E-state index is 13.9. The van der Waals surface area contributed by atoms with Gasteiger partial charge in [-0.1, -0.05) is 19.3 Å². The van der Waals surface area contributed by atoms with E-state index in [0.29, 0.717) is 30.8 Å². The molecule has 49 heavy (non-hydrogen) atoms. The molecule has 3 aliphatic carbocycles. The van der Waals surface area contributed by atoms with E-state index in [-0.39, 0.29) is 17.2 Å². The molecule has 3 aromatic rings. The average molecular weight is 672 g/mol. The van der Waals surface area contributed by atoms with Gasteiger partial charge in [0, 0.05) is 54.8 Å². The van der Waals surface area contributed by atoms with E-state index in [2.05, 4.69) is 6.07 Å². The van der Waals surface area contributed by atoms with Crippen molar-refractivity contribution in [3.8, 4) is 17.0 Å². The SMILES string of the molecule is COc1ccc(C2CCC(CN(C(=O)C3CCCCC3)c3cc(-c4coc(C5CC5)n4)ccn3)CC2)nc1C.O=C(O)N1CC2(COC2)C1. The highest BCUT2D eigenvalue weighted by Gasteiger charge is 2.50. The number of amides is 2. The van der Waals surface area contributed by atoms with Gasteiger partial charge in [-0.05, 0) is 88.5 Å². The van der Waals surface area contributed by atoms with Crippen molar-refractivity contribution in [3.63, 3.8) is 0 Å². The van der Waals surface area contributed by atoms with E-state index in [1.54, 1.807) is 13.4 Å². The van der Waals surface area contributed by atoms with Crippen LogP contribution in [0, 0.1) is 24.2 Å². The number of oxazole rings is 1. The molecule has 2 aliphatic heterocycles. The quantitative estimate of drug-likeness (QED) is 0.264. The van der Waals surface area contributed by atoms with Crippen molar-refractivity contribution in [1.82, 2.24) is 19.9 Å². The summed E-state index contributed by atoms with van der Waals surface area (Å²) in [7, 11) is 1.69. The van der Waals surface area contributed by atoms with E-state index in [9.17, 15) is 9.59 Å². The zero-order valence-electron chi connectivity index (χ0n) is 28.8. The summed E-state index contributed by atoms with van der Waals surface area (Å²) in [5.41, 5.74) is 4.12. The molecule has 0 radical (unpaired) electrons. The van der Waals surface area contributed by atoms with Crippen LogP contribution in [-0.2, 0) is 9.53 Å². The monoisotopic (exact) mass is 671 g/mol. The van der Waals surface area contributed by atoms with E-state index in [1.807, 2.05) is 36.2 Å². The van der Waals surface area contributed by atoms with Crippen molar-refractivity contribution in [1.29, 1.82) is 0 Å². The number of likely N-dealkylation sites (tertiary alicyclic amines) is 1. The Kier molecular flexibility index (Phi) is 9.89. The molecule has 0 bridgehead atoms. The second kappa shape index (κ2) is 14.5. The minimum atomic E-state index is -0.808. The summed E-state index contributed by atoms with van der Waals surface area (Å²) < 4.78 is 16.1. The number of hydrogen-bond acceptors (Lipinski definition) is 8. The number of carbonyl (C=O) groups excluding carboxylic acids is 1. The maximum absolute atomic E-state index is 13.9. The Bertz CT molecular complexity index is 1610. The smallest absolute Gasteiger partial charge is 0.407 e. The van der Waals surface area contributed by atoms with Gasteiger partial charge in [0.25, 0.3) is 0 Å². The Hall–Kier alpha value is -3.99. The molecule has 262 valence electrons. The van der Waals surface area contributed by atoms with Crippen molar-refractivity contribution in [2.75, 3.05) is 44.9 Å². The number of anilines is 1. The van der Waals surface area contributed by atoms with Crippen LogP contribution < -0.4 is 9.64 Å². The van der Waals surface area contributed by atoms with Crippen LogP contribution in [0.5, 0.6) is 5.75 Å². The van der Waals surface area contributed by atoms with Crippen molar-refractivity contribution in [3.05, 3.63) is 54.0 Å². The zero-order valence-corrected chi connectivity index (χ0v) is 28.8. The fourth-order valence-electron chi connectivity index (χ4n) is 7.91. The van der Waals surface area contributed by atoms with Gasteiger partial charge in [0.05, 0.1) is 31.4 Å². The number of carbonyl (C=O) groups is 2. The minimum absolute atomic E-state index is 0.0977. The predicted octanol–water partition coefficient (Wildman–Crippen LogP) is 7.21. The van der Waals surface area contributed by atoms with E-state index in [4.69, 9.17) is 33.9 Å². The second-order valence-electron chi connectivity index (χ2n) is 14.9. The van der Waals surface area contributed by atoms with Gasteiger partial charge in [-0.25, -0.2) is 14.8 Å². The van der Waals surface area contributed by atoms with E-state index >= 15 is 0 Å². The zero-order chi connectivity index (χ0) is 34.0. The predicted molar refractivity (Wildman–Crippen MR) is 184 cm³/mol. The van der Waals surface area contributed by atoms with Gasteiger partial charge in [0.15, 0.2) is 5.89 Å². The minimum Gasteiger partial charge on any atom is -0.495 e. The van der Waals surface area contributed by atoms with Crippen LogP contribution in [-0.4, -0.2) is 76.9 Å². The van der Waals surface area contributed by atoms with Gasteiger partial charge < -0.3 is 23.9 Å². The van der Waals surface area contributed by atoms with E-state index in [1.165, 1.54) is 11.3 Å². The molecule has 1 N–H and O–H groups in total. The first-order chi connectivity index (χ1) is 23.8. The third-order valence-electron chi connectivity index (χ3n) is 11.1. The lowest BCUT2D eigenvalue weighted by molar-refractivity contribution is -0.178. The van der Waals surface area contributed by atoms with Crippen LogP contribution in [0.4, 0.5) is 10.6 Å². The molecule has 0 aromatic carbocycles. The summed E-state index contributed by atoms with van der Waals surface area (Å²) in [6.45, 7) is 5.56. The summed E-state index contributed by atoms with van der Waals surface area (Å²) in [5, 5.41) is 8.47. The second-order valence-corrected chi connectivity index (χ2v) is 14.9. The number of ether oxygens (including phenoxy) is 2. The number of rotatable bonds is 8. The molecule has 2 saturated heterocycles. The lowest BCUT2D eigenvalue weighted by Gasteiger charge is -2.53. The number of pyridine rings is 2. The van der Waals surface area contributed by atoms with Crippen LogP contribution in [0.25, 0.3) is 11.3 Å². The summed E-state index contributed by atoms with van der Waals surface area (Å²) >= 11 is 0. The maximum Gasteiger partial charge on any atom is 0.407 e. The first kappa shape index (κ1) is 33.5. The fourth-order valence-corrected chi connectivity index (χ4v) is 7.91. The van der Waals surface area contributed by atoms with Crippen LogP contribution in [0.3, 0.4) is 0 Å². The molecule has 5 fully saturated rings. The highest BCUT2D eigenvalue weighted by Crippen LogP contribution is 2.41. The number of aryl methyl sites for hydroxylation is 1. The number of nitrogens with zero attached hydrogens (tertiary/aromatic N) is 5. The molecule has 3 aromatic heterocycles. The summed E-state index contributed by atoms with van der Waals surface area (Å²) in [6.07, 6.45) is 14.9. The van der Waals surface area contributed by atoms with Crippen molar-refractivity contribution in [2.45, 2.75) is 89.4 Å². The fraction of sp³-hybridized carbons (Fsp3) is 0.605. The summed E-state index contributed by atoms with van der Waals surface area (Å²) in [4.78, 5) is 41.9. The van der Waals surface area contributed by atoms with E-state index < -0.39 is 6.09 Å². The molecule has 5 aliphatic rings. The molecular formula is C38H49N5O6. The molecule has 0 atom stereocenters. The molecule has 5 heterocycles. The Morgan fingerprint density at radius 3 is 2.35 bits per heavy atom. The van der Waals surface area contributed by atoms with Gasteiger partial charge in [-0.2, -0.15) is 0 Å². The standard InChI is InChI=1S/C32H40N4O3.C6H9NO3/c1-21-29(38-2)15-14-27(34-21)23-10-8-22(9-11-23)19-36(32(37)25-6-4-3-5-7-25)30-18-26(16-17-33-30)28-20-39-31(35-28)24-12-13-24;8-5(9)7-1-6(2-7)3-10-4-6/h14-18,20,22-25H,3-13,19H2,1-2H3;1-4H2,(H,8,9). The molecule has 11 nitrogen and oxygen atoms in total. The summed E-state index contributed by atoms with van der Waals surface area (Å²) in [6, 6.07) is 8.15. The van der Waals surface area contributed by atoms with Crippen LogP contribution >= 0.6 is 0 Å². The molecular weight excluding hydrogens is 622 g/mol. The van der Waals surface area contributed by atoms with Crippen molar-refractivity contribution in [2.24, 2.45) is 17.3 Å². The number of aromatic nitrogens is 3. The lowest BCUT2D eigenvalue weighted by Crippen LogP contribution is -2.66. The molecule has 3 saturated carbocycles. The van der Waals surface area contributed by atoms with Gasteiger partial charge in [-0.15, -0.1) is 0 Å². The molecule has 8 rings (SSSR count). The lowest BCUT2D eigenvalue weighted by atomic mass is 9.78. The van der Waals surface area contributed by atoms with Crippen molar-refractivity contribution < 1.29 is 28.6 Å². The number of hydrogen-bond donors (Lipinski definition) is 1. The Morgan fingerprint density at radius 1 is 0.980 bits per heavy atom. The topological polar surface area (TPSA) is 131 Å². The first-order valence-electron chi connectivity index (χ1n) is 18.1. The molecule has 0 unspecified atom stereocenters. The van der Waals surface area contributed by atoms with Crippen LogP contribution in [0.1, 0.15) is 99.7 Å².